The molecule has 0 aliphatic carbocycles. The first-order valence-electron chi connectivity index (χ1n) is 9.89. The van der Waals surface area contributed by atoms with Crippen LogP contribution in [0.1, 0.15) is 29.6 Å². The molecule has 0 radical (unpaired) electrons. The van der Waals surface area contributed by atoms with E-state index in [0.717, 1.165) is 30.5 Å². The van der Waals surface area contributed by atoms with Gasteiger partial charge in [-0.1, -0.05) is 30.0 Å². The second-order valence-electron chi connectivity index (χ2n) is 7.18. The minimum atomic E-state index is -0.615. The van der Waals surface area contributed by atoms with Crippen LogP contribution in [0.5, 0.6) is 0 Å². The highest BCUT2D eigenvalue weighted by molar-refractivity contribution is 8.15. The van der Waals surface area contributed by atoms with Gasteiger partial charge < -0.3 is 15.5 Å². The third-order valence-corrected chi connectivity index (χ3v) is 6.08. The predicted molar refractivity (Wildman–Crippen MR) is 119 cm³/mol. The van der Waals surface area contributed by atoms with Crippen molar-refractivity contribution in [2.75, 3.05) is 23.3 Å². The lowest BCUT2D eigenvalue weighted by Crippen LogP contribution is -2.28. The molecular formula is C22H22N4O3S. The number of aliphatic imine (C=N–C) groups is 1. The molecule has 0 saturated carbocycles. The average Bonchev–Trinajstić information content (AvgIpc) is 3.40. The van der Waals surface area contributed by atoms with Crippen LogP contribution < -0.4 is 15.5 Å². The Morgan fingerprint density at radius 1 is 1.07 bits per heavy atom. The van der Waals surface area contributed by atoms with E-state index in [1.54, 1.807) is 24.3 Å². The molecule has 0 spiro atoms. The minimum absolute atomic E-state index is 0.00290. The summed E-state index contributed by atoms with van der Waals surface area (Å²) in [5.74, 6) is -1.01. The van der Waals surface area contributed by atoms with Gasteiger partial charge in [0.15, 0.2) is 5.17 Å². The lowest BCUT2D eigenvalue weighted by atomic mass is 10.2. The van der Waals surface area contributed by atoms with Crippen LogP contribution >= 0.6 is 11.8 Å². The average molecular weight is 423 g/mol. The van der Waals surface area contributed by atoms with Crippen LogP contribution in [0.3, 0.4) is 0 Å². The summed E-state index contributed by atoms with van der Waals surface area (Å²) >= 11 is 1.10. The lowest BCUT2D eigenvalue weighted by Gasteiger charge is -2.17. The molecule has 3 amide bonds. The van der Waals surface area contributed by atoms with E-state index < -0.39 is 11.2 Å². The standard InChI is InChI=1S/C22H22N4O3S/c27-19(23-16-8-10-17(11-9-16)26-12-4-5-13-26)14-18-21(29)25-22(30-18)24-20(28)15-6-2-1-3-7-15/h1-3,6-11,18H,4-5,12-14H2,(H,23,27)(H,24,25,28,29). The van der Waals surface area contributed by atoms with E-state index in [9.17, 15) is 14.4 Å². The Balaban J connectivity index is 1.31. The van der Waals surface area contributed by atoms with Gasteiger partial charge in [-0.3, -0.25) is 14.4 Å². The zero-order chi connectivity index (χ0) is 20.9. The van der Waals surface area contributed by atoms with Crippen molar-refractivity contribution < 1.29 is 14.4 Å². The fourth-order valence-corrected chi connectivity index (χ4v) is 4.41. The monoisotopic (exact) mass is 422 g/mol. The number of benzene rings is 2. The zero-order valence-corrected chi connectivity index (χ0v) is 17.2. The summed E-state index contributed by atoms with van der Waals surface area (Å²) in [6.45, 7) is 2.13. The number of nitrogens with zero attached hydrogens (tertiary/aromatic N) is 2. The number of rotatable bonds is 5. The Kier molecular flexibility index (Phi) is 6.13. The van der Waals surface area contributed by atoms with E-state index in [2.05, 4.69) is 20.5 Å². The summed E-state index contributed by atoms with van der Waals surface area (Å²) in [7, 11) is 0. The van der Waals surface area contributed by atoms with Gasteiger partial charge in [-0.15, -0.1) is 0 Å². The van der Waals surface area contributed by atoms with E-state index in [0.29, 0.717) is 11.3 Å². The summed E-state index contributed by atoms with van der Waals surface area (Å²) in [6, 6.07) is 16.4. The highest BCUT2D eigenvalue weighted by Crippen LogP contribution is 2.25. The van der Waals surface area contributed by atoms with E-state index >= 15 is 0 Å². The van der Waals surface area contributed by atoms with Crippen molar-refractivity contribution in [1.82, 2.24) is 5.32 Å². The molecule has 1 unspecified atom stereocenters. The molecule has 2 aliphatic heterocycles. The van der Waals surface area contributed by atoms with Gasteiger partial charge in [-0.2, -0.15) is 4.99 Å². The van der Waals surface area contributed by atoms with Crippen molar-refractivity contribution in [3.63, 3.8) is 0 Å². The lowest BCUT2D eigenvalue weighted by molar-refractivity contribution is -0.122. The second kappa shape index (κ2) is 9.13. The van der Waals surface area contributed by atoms with Gasteiger partial charge in [-0.25, -0.2) is 0 Å². The van der Waals surface area contributed by atoms with Gasteiger partial charge in [0.25, 0.3) is 5.91 Å². The molecule has 154 valence electrons. The van der Waals surface area contributed by atoms with Crippen LogP contribution in [0.4, 0.5) is 11.4 Å². The van der Waals surface area contributed by atoms with Crippen molar-refractivity contribution in [1.29, 1.82) is 0 Å². The second-order valence-corrected chi connectivity index (χ2v) is 8.37. The largest absolute Gasteiger partial charge is 0.372 e. The Bertz CT molecular complexity index is 970. The predicted octanol–water partition coefficient (Wildman–Crippen LogP) is 3.04. The molecule has 2 aromatic rings. The van der Waals surface area contributed by atoms with Gasteiger partial charge in [0, 0.05) is 36.4 Å². The summed E-state index contributed by atoms with van der Waals surface area (Å²) in [6.07, 6.45) is 2.42. The molecule has 30 heavy (non-hydrogen) atoms. The van der Waals surface area contributed by atoms with Crippen molar-refractivity contribution in [3.8, 4) is 0 Å². The number of amidine groups is 1. The number of anilines is 2. The molecular weight excluding hydrogens is 400 g/mol. The number of carbonyl (C=O) groups is 3. The Labute approximate surface area is 178 Å². The Hall–Kier alpha value is -3.13. The first kappa shape index (κ1) is 20.2. The van der Waals surface area contributed by atoms with Crippen molar-refractivity contribution in [2.45, 2.75) is 24.5 Å². The molecule has 4 rings (SSSR count). The topological polar surface area (TPSA) is 90.9 Å². The van der Waals surface area contributed by atoms with Gasteiger partial charge in [0.05, 0.1) is 0 Å². The molecule has 2 fully saturated rings. The molecule has 2 saturated heterocycles. The molecule has 8 heteroatoms. The minimum Gasteiger partial charge on any atom is -0.372 e. The van der Waals surface area contributed by atoms with Crippen LogP contribution in [0.2, 0.25) is 0 Å². The summed E-state index contributed by atoms with van der Waals surface area (Å²) in [4.78, 5) is 43.0. The summed E-state index contributed by atoms with van der Waals surface area (Å²) in [5.41, 5.74) is 2.29. The molecule has 2 heterocycles. The number of thioether (sulfide) groups is 1. The highest BCUT2D eigenvalue weighted by atomic mass is 32.2. The van der Waals surface area contributed by atoms with E-state index in [1.807, 2.05) is 30.3 Å². The SMILES string of the molecule is O=C(CC1SC(=NC(=O)c2ccccc2)NC1=O)Nc1ccc(N2CCCC2)cc1. The first-order valence-corrected chi connectivity index (χ1v) is 10.8. The number of hydrogen-bond donors (Lipinski definition) is 2. The van der Waals surface area contributed by atoms with Crippen LogP contribution in [0.25, 0.3) is 0 Å². The Morgan fingerprint density at radius 3 is 2.47 bits per heavy atom. The van der Waals surface area contributed by atoms with E-state index in [1.165, 1.54) is 12.8 Å². The third kappa shape index (κ3) is 4.88. The van der Waals surface area contributed by atoms with Gasteiger partial charge >= 0.3 is 0 Å². The van der Waals surface area contributed by atoms with Crippen LogP contribution in [0, 0.1) is 0 Å². The van der Waals surface area contributed by atoms with Crippen LogP contribution in [-0.2, 0) is 9.59 Å². The normalized spacial score (nSPS) is 19.7. The maximum absolute atomic E-state index is 12.4. The molecule has 0 aromatic heterocycles. The Morgan fingerprint density at radius 2 is 1.77 bits per heavy atom. The van der Waals surface area contributed by atoms with Gasteiger partial charge in [0.1, 0.15) is 5.25 Å². The molecule has 1 atom stereocenters. The quantitative estimate of drug-likeness (QED) is 0.773. The van der Waals surface area contributed by atoms with Gasteiger partial charge in [0.2, 0.25) is 11.8 Å². The maximum atomic E-state index is 12.4. The fraction of sp³-hybridized carbons (Fsp3) is 0.273. The van der Waals surface area contributed by atoms with Crippen molar-refractivity contribution in [3.05, 3.63) is 60.2 Å². The maximum Gasteiger partial charge on any atom is 0.279 e. The molecule has 0 bridgehead atoms. The number of carbonyl (C=O) groups excluding carboxylic acids is 3. The van der Waals surface area contributed by atoms with Crippen molar-refractivity contribution >= 4 is 46.0 Å². The van der Waals surface area contributed by atoms with Crippen LogP contribution in [-0.4, -0.2) is 41.2 Å². The van der Waals surface area contributed by atoms with Crippen LogP contribution in [0.15, 0.2) is 59.6 Å². The number of nitrogens with one attached hydrogen (secondary N) is 2. The number of hydrogen-bond acceptors (Lipinski definition) is 5. The first-order chi connectivity index (χ1) is 14.6. The highest BCUT2D eigenvalue weighted by Gasteiger charge is 2.32. The molecule has 2 aromatic carbocycles. The molecule has 2 aliphatic rings. The summed E-state index contributed by atoms with van der Waals surface area (Å²) < 4.78 is 0. The number of amides is 3. The fourth-order valence-electron chi connectivity index (χ4n) is 3.44. The third-order valence-electron chi connectivity index (χ3n) is 4.99. The smallest absolute Gasteiger partial charge is 0.279 e. The zero-order valence-electron chi connectivity index (χ0n) is 16.3. The summed E-state index contributed by atoms with van der Waals surface area (Å²) in [5, 5.41) is 5.02. The molecule has 7 nitrogen and oxygen atoms in total. The van der Waals surface area contributed by atoms with Gasteiger partial charge in [-0.05, 0) is 49.2 Å². The van der Waals surface area contributed by atoms with E-state index in [4.69, 9.17) is 0 Å². The van der Waals surface area contributed by atoms with Crippen molar-refractivity contribution in [2.24, 2.45) is 4.99 Å². The molecule has 2 N–H and O–H groups in total. The van der Waals surface area contributed by atoms with E-state index in [-0.39, 0.29) is 23.4 Å².